The third-order valence-electron chi connectivity index (χ3n) is 2.24. The van der Waals surface area contributed by atoms with Crippen molar-refractivity contribution in [3.8, 4) is 5.75 Å². The van der Waals surface area contributed by atoms with Crippen molar-refractivity contribution in [2.45, 2.75) is 13.3 Å². The van der Waals surface area contributed by atoms with E-state index in [-0.39, 0.29) is 25.5 Å². The molecule has 0 aliphatic carbocycles. The van der Waals surface area contributed by atoms with Crippen molar-refractivity contribution in [3.63, 3.8) is 0 Å². The molecule has 0 unspecified atom stereocenters. The highest BCUT2D eigenvalue weighted by molar-refractivity contribution is 6.31. The second-order valence-corrected chi connectivity index (χ2v) is 4.05. The van der Waals surface area contributed by atoms with Crippen LogP contribution in [0.5, 0.6) is 5.75 Å². The molecule has 0 saturated carbocycles. The maximum absolute atomic E-state index is 11.3. The lowest BCUT2D eigenvalue weighted by Crippen LogP contribution is -2.30. The van der Waals surface area contributed by atoms with Crippen molar-refractivity contribution >= 4 is 23.5 Å². The van der Waals surface area contributed by atoms with Gasteiger partial charge in [-0.1, -0.05) is 17.7 Å². The molecule has 0 spiro atoms. The minimum absolute atomic E-state index is 0.0893. The van der Waals surface area contributed by atoms with Crippen LogP contribution < -0.4 is 10.1 Å². The van der Waals surface area contributed by atoms with Gasteiger partial charge in [-0.2, -0.15) is 0 Å². The fourth-order valence-corrected chi connectivity index (χ4v) is 1.41. The number of aliphatic carboxylic acids is 1. The Morgan fingerprint density at radius 2 is 2.17 bits per heavy atom. The van der Waals surface area contributed by atoms with Gasteiger partial charge >= 0.3 is 5.97 Å². The summed E-state index contributed by atoms with van der Waals surface area (Å²) in [6.07, 6.45) is -0.109. The average Bonchev–Trinajstić information content (AvgIpc) is 2.30. The first-order valence-electron chi connectivity index (χ1n) is 5.37. The van der Waals surface area contributed by atoms with Crippen molar-refractivity contribution in [3.05, 3.63) is 28.8 Å². The summed E-state index contributed by atoms with van der Waals surface area (Å²) >= 11 is 5.90. The van der Waals surface area contributed by atoms with Gasteiger partial charge in [0.2, 0.25) is 0 Å². The number of carbonyl (C=O) groups is 2. The van der Waals surface area contributed by atoms with Crippen molar-refractivity contribution in [2.75, 3.05) is 13.2 Å². The monoisotopic (exact) mass is 271 g/mol. The van der Waals surface area contributed by atoms with Crippen molar-refractivity contribution in [1.82, 2.24) is 5.32 Å². The Labute approximate surface area is 110 Å². The first kappa shape index (κ1) is 14.3. The molecule has 0 aromatic heterocycles. The lowest BCUT2D eigenvalue weighted by molar-refractivity contribution is -0.137. The molecule has 0 aliphatic heterocycles. The number of halogens is 1. The fourth-order valence-electron chi connectivity index (χ4n) is 1.25. The molecule has 0 saturated heterocycles. The molecule has 5 nitrogen and oxygen atoms in total. The molecule has 1 amide bonds. The van der Waals surface area contributed by atoms with Gasteiger partial charge in [0.1, 0.15) is 5.75 Å². The lowest BCUT2D eigenvalue weighted by Gasteiger charge is -2.09. The number of hydrogen-bond donors (Lipinski definition) is 2. The van der Waals surface area contributed by atoms with Crippen LogP contribution in [0.25, 0.3) is 0 Å². The van der Waals surface area contributed by atoms with Crippen LogP contribution in [-0.2, 0) is 9.59 Å². The maximum atomic E-state index is 11.3. The number of ether oxygens (including phenoxy) is 1. The number of benzene rings is 1. The van der Waals surface area contributed by atoms with Gasteiger partial charge in [-0.25, -0.2) is 0 Å². The van der Waals surface area contributed by atoms with Gasteiger partial charge in [-0.05, 0) is 19.1 Å². The molecular formula is C12H14ClNO4. The van der Waals surface area contributed by atoms with Crippen LogP contribution in [0.15, 0.2) is 18.2 Å². The quantitative estimate of drug-likeness (QED) is 0.824. The first-order chi connectivity index (χ1) is 8.50. The van der Waals surface area contributed by atoms with Gasteiger partial charge in [0.15, 0.2) is 6.61 Å². The second-order valence-electron chi connectivity index (χ2n) is 3.65. The average molecular weight is 272 g/mol. The van der Waals surface area contributed by atoms with Crippen molar-refractivity contribution in [2.24, 2.45) is 0 Å². The molecule has 1 aromatic rings. The van der Waals surface area contributed by atoms with E-state index in [0.717, 1.165) is 5.56 Å². The Hall–Kier alpha value is -1.75. The van der Waals surface area contributed by atoms with E-state index in [1.54, 1.807) is 25.1 Å². The molecule has 1 aromatic carbocycles. The van der Waals surface area contributed by atoms with E-state index in [1.165, 1.54) is 0 Å². The fraction of sp³-hybridized carbons (Fsp3) is 0.333. The van der Waals surface area contributed by atoms with E-state index in [4.69, 9.17) is 21.4 Å². The van der Waals surface area contributed by atoms with Crippen LogP contribution in [0.3, 0.4) is 0 Å². The molecule has 0 heterocycles. The zero-order chi connectivity index (χ0) is 13.5. The molecule has 0 atom stereocenters. The SMILES string of the molecule is Cc1c(Cl)cccc1OCC(=O)NCCC(=O)O. The first-order valence-corrected chi connectivity index (χ1v) is 5.75. The summed E-state index contributed by atoms with van der Waals surface area (Å²) in [7, 11) is 0. The number of hydrogen-bond acceptors (Lipinski definition) is 3. The Morgan fingerprint density at radius 3 is 2.83 bits per heavy atom. The number of rotatable bonds is 6. The van der Waals surface area contributed by atoms with Gasteiger partial charge < -0.3 is 15.2 Å². The van der Waals surface area contributed by atoms with Crippen LogP contribution in [0.1, 0.15) is 12.0 Å². The highest BCUT2D eigenvalue weighted by atomic mass is 35.5. The summed E-state index contributed by atoms with van der Waals surface area (Å²) in [5.41, 5.74) is 0.762. The smallest absolute Gasteiger partial charge is 0.305 e. The summed E-state index contributed by atoms with van der Waals surface area (Å²) in [6, 6.07) is 5.18. The molecule has 2 N–H and O–H groups in total. The molecular weight excluding hydrogens is 258 g/mol. The van der Waals surface area contributed by atoms with E-state index in [1.807, 2.05) is 0 Å². The number of amides is 1. The number of nitrogens with one attached hydrogen (secondary N) is 1. The highest BCUT2D eigenvalue weighted by Crippen LogP contribution is 2.24. The molecule has 0 fully saturated rings. The minimum Gasteiger partial charge on any atom is -0.483 e. The largest absolute Gasteiger partial charge is 0.483 e. The van der Waals surface area contributed by atoms with Crippen molar-refractivity contribution < 1.29 is 19.4 Å². The number of carboxylic acids is 1. The van der Waals surface area contributed by atoms with Gasteiger partial charge in [-0.3, -0.25) is 9.59 Å². The number of carbonyl (C=O) groups excluding carboxylic acids is 1. The summed E-state index contributed by atoms with van der Waals surface area (Å²) in [4.78, 5) is 21.6. The van der Waals surface area contributed by atoms with E-state index >= 15 is 0 Å². The van der Waals surface area contributed by atoms with E-state index in [0.29, 0.717) is 10.8 Å². The van der Waals surface area contributed by atoms with Crippen LogP contribution in [0.4, 0.5) is 0 Å². The van der Waals surface area contributed by atoms with E-state index in [2.05, 4.69) is 5.32 Å². The molecule has 6 heteroatoms. The zero-order valence-electron chi connectivity index (χ0n) is 9.90. The van der Waals surface area contributed by atoms with Gasteiger partial charge in [0.25, 0.3) is 5.91 Å². The van der Waals surface area contributed by atoms with Crippen LogP contribution in [0.2, 0.25) is 5.02 Å². The van der Waals surface area contributed by atoms with Crippen LogP contribution >= 0.6 is 11.6 Å². The number of carboxylic acid groups (broad SMARTS) is 1. The summed E-state index contributed by atoms with van der Waals surface area (Å²) in [5.74, 6) is -0.784. The normalized spacial score (nSPS) is 9.89. The Bertz CT molecular complexity index is 448. The summed E-state index contributed by atoms with van der Waals surface area (Å²) in [5, 5.41) is 11.4. The third-order valence-corrected chi connectivity index (χ3v) is 2.65. The Balaban J connectivity index is 2.38. The highest BCUT2D eigenvalue weighted by Gasteiger charge is 2.07. The van der Waals surface area contributed by atoms with E-state index < -0.39 is 5.97 Å². The predicted octanol–water partition coefficient (Wildman–Crippen LogP) is 1.62. The predicted molar refractivity (Wildman–Crippen MR) is 66.9 cm³/mol. The molecule has 0 radical (unpaired) electrons. The van der Waals surface area contributed by atoms with Gasteiger partial charge in [0, 0.05) is 17.1 Å². The molecule has 98 valence electrons. The Kier molecular flexibility index (Phi) is 5.45. The molecule has 0 aliphatic rings. The Morgan fingerprint density at radius 1 is 1.44 bits per heavy atom. The topological polar surface area (TPSA) is 75.6 Å². The molecule has 1 rings (SSSR count). The molecule has 18 heavy (non-hydrogen) atoms. The van der Waals surface area contributed by atoms with Crippen molar-refractivity contribution in [1.29, 1.82) is 0 Å². The maximum Gasteiger partial charge on any atom is 0.305 e. The zero-order valence-corrected chi connectivity index (χ0v) is 10.7. The third kappa shape index (κ3) is 4.63. The van der Waals surface area contributed by atoms with Gasteiger partial charge in [0.05, 0.1) is 6.42 Å². The summed E-state index contributed by atoms with van der Waals surface area (Å²) < 4.78 is 5.29. The summed E-state index contributed by atoms with van der Waals surface area (Å²) in [6.45, 7) is 1.72. The van der Waals surface area contributed by atoms with E-state index in [9.17, 15) is 9.59 Å². The molecule has 0 bridgehead atoms. The standard InChI is InChI=1S/C12H14ClNO4/c1-8-9(13)3-2-4-10(8)18-7-11(15)14-6-5-12(16)17/h2-4H,5-7H2,1H3,(H,14,15)(H,16,17). The second kappa shape index (κ2) is 6.86. The van der Waals surface area contributed by atoms with Crippen LogP contribution in [-0.4, -0.2) is 30.1 Å². The van der Waals surface area contributed by atoms with Gasteiger partial charge in [-0.15, -0.1) is 0 Å². The minimum atomic E-state index is -0.957. The lowest BCUT2D eigenvalue weighted by atomic mass is 10.2. The van der Waals surface area contributed by atoms with Crippen LogP contribution in [0, 0.1) is 6.92 Å².